The third-order valence-corrected chi connectivity index (χ3v) is 5.69. The van der Waals surface area contributed by atoms with Gasteiger partial charge in [-0.2, -0.15) is 0 Å². The number of anilines is 2. The van der Waals surface area contributed by atoms with E-state index in [0.29, 0.717) is 6.04 Å². The molecule has 2 aromatic rings. The normalized spacial score (nSPS) is 17.4. The molecule has 0 radical (unpaired) electrons. The fraction of sp³-hybridized carbons (Fsp3) is 0.565. The molecule has 0 saturated heterocycles. The molecule has 0 aliphatic carbocycles. The summed E-state index contributed by atoms with van der Waals surface area (Å²) in [6.45, 7) is 14.2. The number of aromatic amines is 1. The molecule has 0 amide bonds. The van der Waals surface area contributed by atoms with E-state index in [1.165, 1.54) is 52.3 Å². The molecule has 2 heterocycles. The van der Waals surface area contributed by atoms with Gasteiger partial charge in [0.05, 0.1) is 6.67 Å². The Balaban J connectivity index is 1.88. The summed E-state index contributed by atoms with van der Waals surface area (Å²) < 4.78 is 0. The fourth-order valence-corrected chi connectivity index (χ4v) is 4.53. The van der Waals surface area contributed by atoms with Crippen LogP contribution in [0.1, 0.15) is 60.2 Å². The zero-order chi connectivity index (χ0) is 19.6. The Kier molecular flexibility index (Phi) is 6.28. The van der Waals surface area contributed by atoms with Gasteiger partial charge in [-0.05, 0) is 77.9 Å². The highest BCUT2D eigenvalue weighted by Gasteiger charge is 2.32. The van der Waals surface area contributed by atoms with E-state index in [4.69, 9.17) is 0 Å². The monoisotopic (exact) mass is 368 g/mol. The highest BCUT2D eigenvalue weighted by atomic mass is 15.4. The summed E-state index contributed by atoms with van der Waals surface area (Å²) >= 11 is 0. The molecule has 3 rings (SSSR count). The maximum absolute atomic E-state index is 3.65. The molecule has 0 saturated carbocycles. The van der Waals surface area contributed by atoms with Crippen LogP contribution in [0.15, 0.2) is 18.2 Å². The van der Waals surface area contributed by atoms with Crippen molar-refractivity contribution in [2.75, 3.05) is 31.7 Å². The highest BCUT2D eigenvalue weighted by molar-refractivity contribution is 5.71. The van der Waals surface area contributed by atoms with Crippen LogP contribution in [-0.2, 0) is 0 Å². The second-order valence-corrected chi connectivity index (χ2v) is 8.24. The number of fused-ring (bicyclic) bond motifs is 1. The number of aromatic nitrogens is 1. The lowest BCUT2D eigenvalue weighted by molar-refractivity contribution is 0.225. The lowest BCUT2D eigenvalue weighted by Gasteiger charge is -2.41. The van der Waals surface area contributed by atoms with Crippen molar-refractivity contribution < 1.29 is 0 Å². The molecular weight excluding hydrogens is 332 g/mol. The van der Waals surface area contributed by atoms with E-state index in [9.17, 15) is 0 Å². The number of H-pyrrole nitrogens is 1. The SMILES string of the molecule is CCCCNCCC1c2cc(C)[nH]c2N(c2c(C)cc(C)cc2C)CN1C. The minimum Gasteiger partial charge on any atom is -0.345 e. The maximum atomic E-state index is 3.65. The Morgan fingerprint density at radius 2 is 1.78 bits per heavy atom. The average molecular weight is 369 g/mol. The highest BCUT2D eigenvalue weighted by Crippen LogP contribution is 2.42. The number of hydrogen-bond acceptors (Lipinski definition) is 3. The van der Waals surface area contributed by atoms with E-state index in [1.54, 1.807) is 0 Å². The van der Waals surface area contributed by atoms with Gasteiger partial charge in [-0.15, -0.1) is 0 Å². The Bertz CT molecular complexity index is 754. The first kappa shape index (κ1) is 20.0. The Labute approximate surface area is 165 Å². The van der Waals surface area contributed by atoms with Crippen LogP contribution < -0.4 is 10.2 Å². The lowest BCUT2D eigenvalue weighted by Crippen LogP contribution is -2.41. The van der Waals surface area contributed by atoms with Crippen LogP contribution in [0.25, 0.3) is 0 Å². The summed E-state index contributed by atoms with van der Waals surface area (Å²) in [6.07, 6.45) is 3.65. The van der Waals surface area contributed by atoms with Crippen LogP contribution in [0.2, 0.25) is 0 Å². The molecule has 148 valence electrons. The number of nitrogens with one attached hydrogen (secondary N) is 2. The van der Waals surface area contributed by atoms with Gasteiger partial charge in [0.2, 0.25) is 0 Å². The fourth-order valence-electron chi connectivity index (χ4n) is 4.53. The largest absolute Gasteiger partial charge is 0.345 e. The molecule has 1 aromatic carbocycles. The van der Waals surface area contributed by atoms with Crippen molar-refractivity contribution in [3.8, 4) is 0 Å². The molecule has 27 heavy (non-hydrogen) atoms. The minimum absolute atomic E-state index is 0.460. The molecule has 1 aliphatic rings. The number of nitrogens with zero attached hydrogens (tertiary/aromatic N) is 2. The first-order chi connectivity index (χ1) is 12.9. The summed E-state index contributed by atoms with van der Waals surface area (Å²) in [5.74, 6) is 1.28. The van der Waals surface area contributed by atoms with Gasteiger partial charge in [-0.25, -0.2) is 0 Å². The number of aryl methyl sites for hydroxylation is 4. The molecule has 1 unspecified atom stereocenters. The van der Waals surface area contributed by atoms with E-state index in [0.717, 1.165) is 26.2 Å². The van der Waals surface area contributed by atoms with Crippen LogP contribution >= 0.6 is 0 Å². The summed E-state index contributed by atoms with van der Waals surface area (Å²) in [7, 11) is 2.26. The predicted octanol–water partition coefficient (Wildman–Crippen LogP) is 5.11. The van der Waals surface area contributed by atoms with Gasteiger partial charge in [-0.3, -0.25) is 4.90 Å². The van der Waals surface area contributed by atoms with Crippen molar-refractivity contribution in [1.29, 1.82) is 0 Å². The predicted molar refractivity (Wildman–Crippen MR) is 116 cm³/mol. The van der Waals surface area contributed by atoms with Gasteiger partial charge in [-0.1, -0.05) is 31.0 Å². The van der Waals surface area contributed by atoms with Crippen LogP contribution in [0, 0.1) is 27.7 Å². The van der Waals surface area contributed by atoms with E-state index < -0.39 is 0 Å². The van der Waals surface area contributed by atoms with Crippen molar-refractivity contribution in [3.63, 3.8) is 0 Å². The summed E-state index contributed by atoms with van der Waals surface area (Å²) in [6, 6.07) is 7.39. The standard InChI is InChI=1S/C23H36N4/c1-7-8-10-24-11-9-21-20-14-19(5)25-23(20)27(15-26(21)6)22-17(3)12-16(2)13-18(22)4/h12-14,21,24-25H,7-11,15H2,1-6H3. The van der Waals surface area contributed by atoms with Crippen molar-refractivity contribution in [2.24, 2.45) is 0 Å². The molecule has 1 atom stereocenters. The van der Waals surface area contributed by atoms with Gasteiger partial charge in [0, 0.05) is 23.0 Å². The average Bonchev–Trinajstić information content (AvgIpc) is 2.97. The van der Waals surface area contributed by atoms with Crippen molar-refractivity contribution in [2.45, 2.75) is 59.9 Å². The Morgan fingerprint density at radius 3 is 2.44 bits per heavy atom. The Morgan fingerprint density at radius 1 is 1.07 bits per heavy atom. The molecule has 0 spiro atoms. The maximum Gasteiger partial charge on any atom is 0.116 e. The number of benzene rings is 1. The first-order valence-corrected chi connectivity index (χ1v) is 10.4. The van der Waals surface area contributed by atoms with Gasteiger partial charge >= 0.3 is 0 Å². The van der Waals surface area contributed by atoms with E-state index in [2.05, 4.69) is 80.0 Å². The van der Waals surface area contributed by atoms with E-state index >= 15 is 0 Å². The van der Waals surface area contributed by atoms with Crippen LogP contribution in [0.3, 0.4) is 0 Å². The summed E-state index contributed by atoms with van der Waals surface area (Å²) in [5, 5.41) is 3.61. The lowest BCUT2D eigenvalue weighted by atomic mass is 9.99. The molecule has 0 fully saturated rings. The molecular formula is C23H36N4. The third kappa shape index (κ3) is 4.22. The van der Waals surface area contributed by atoms with Crippen LogP contribution in [0.4, 0.5) is 11.5 Å². The molecule has 2 N–H and O–H groups in total. The summed E-state index contributed by atoms with van der Waals surface area (Å²) in [4.78, 5) is 8.62. The Hall–Kier alpha value is -1.78. The number of unbranched alkanes of at least 4 members (excludes halogenated alkanes) is 1. The quantitative estimate of drug-likeness (QED) is 0.667. The molecule has 4 nitrogen and oxygen atoms in total. The van der Waals surface area contributed by atoms with E-state index in [-0.39, 0.29) is 0 Å². The van der Waals surface area contributed by atoms with E-state index in [1.807, 2.05) is 0 Å². The van der Waals surface area contributed by atoms with Crippen LogP contribution in [-0.4, -0.2) is 36.7 Å². The van der Waals surface area contributed by atoms with Crippen LogP contribution in [0.5, 0.6) is 0 Å². The van der Waals surface area contributed by atoms with Gasteiger partial charge in [0.25, 0.3) is 0 Å². The third-order valence-electron chi connectivity index (χ3n) is 5.69. The molecule has 1 aromatic heterocycles. The zero-order valence-electron chi connectivity index (χ0n) is 17.9. The zero-order valence-corrected chi connectivity index (χ0v) is 17.9. The second-order valence-electron chi connectivity index (χ2n) is 8.24. The second kappa shape index (κ2) is 8.49. The topological polar surface area (TPSA) is 34.3 Å². The molecule has 4 heteroatoms. The molecule has 1 aliphatic heterocycles. The van der Waals surface area contributed by atoms with Gasteiger partial charge < -0.3 is 15.2 Å². The van der Waals surface area contributed by atoms with Crippen molar-refractivity contribution in [1.82, 2.24) is 15.2 Å². The van der Waals surface area contributed by atoms with Gasteiger partial charge in [0.1, 0.15) is 5.82 Å². The minimum atomic E-state index is 0.460. The smallest absolute Gasteiger partial charge is 0.116 e. The first-order valence-electron chi connectivity index (χ1n) is 10.4. The number of rotatable bonds is 7. The molecule has 0 bridgehead atoms. The van der Waals surface area contributed by atoms with Crippen molar-refractivity contribution in [3.05, 3.63) is 46.1 Å². The van der Waals surface area contributed by atoms with Gasteiger partial charge in [0.15, 0.2) is 0 Å². The number of hydrogen-bond donors (Lipinski definition) is 2. The van der Waals surface area contributed by atoms with Crippen molar-refractivity contribution >= 4 is 11.5 Å². The summed E-state index contributed by atoms with van der Waals surface area (Å²) in [5.41, 5.74) is 8.04.